The van der Waals surface area contributed by atoms with Crippen molar-refractivity contribution in [1.29, 1.82) is 0 Å². The molecule has 0 amide bonds. The van der Waals surface area contributed by atoms with Gasteiger partial charge in [0.05, 0.1) is 17.0 Å². The third kappa shape index (κ3) is 3.90. The number of nitrogens with zero attached hydrogens (tertiary/aromatic N) is 5. The topological polar surface area (TPSA) is 67.9 Å². The third-order valence-corrected chi connectivity index (χ3v) is 5.41. The summed E-state index contributed by atoms with van der Waals surface area (Å²) in [5, 5.41) is 4.04. The molecule has 1 aliphatic rings. The number of aromatic nitrogens is 4. The maximum Gasteiger partial charge on any atom is 0.143 e. The summed E-state index contributed by atoms with van der Waals surface area (Å²) in [5.74, 6) is 1.43. The highest BCUT2D eigenvalue weighted by Gasteiger charge is 2.24. The Kier molecular flexibility index (Phi) is 4.99. The Labute approximate surface area is 159 Å². The lowest BCUT2D eigenvalue weighted by atomic mass is 10.0. The predicted molar refractivity (Wildman–Crippen MR) is 103 cm³/mol. The average Bonchev–Trinajstić information content (AvgIpc) is 3.23. The molecule has 3 aromatic heterocycles. The van der Waals surface area contributed by atoms with Gasteiger partial charge in [-0.25, -0.2) is 9.97 Å². The van der Waals surface area contributed by atoms with Gasteiger partial charge in [-0.15, -0.1) is 0 Å². The van der Waals surface area contributed by atoms with E-state index in [0.29, 0.717) is 5.92 Å². The second kappa shape index (κ2) is 7.56. The largest absolute Gasteiger partial charge is 0.361 e. The van der Waals surface area contributed by atoms with E-state index in [1.807, 2.05) is 26.2 Å². The van der Waals surface area contributed by atoms with E-state index < -0.39 is 0 Å². The minimum Gasteiger partial charge on any atom is -0.361 e. The Balaban J connectivity index is 1.42. The zero-order valence-electron chi connectivity index (χ0n) is 16.1. The molecule has 1 saturated heterocycles. The van der Waals surface area contributed by atoms with Crippen LogP contribution in [0.25, 0.3) is 11.3 Å². The fourth-order valence-electron chi connectivity index (χ4n) is 3.93. The first-order chi connectivity index (χ1) is 13.1. The van der Waals surface area contributed by atoms with E-state index in [1.54, 1.807) is 6.33 Å². The van der Waals surface area contributed by atoms with Crippen LogP contribution in [0.1, 0.15) is 34.7 Å². The number of hydrogen-bond donors (Lipinski definition) is 0. The van der Waals surface area contributed by atoms with Crippen molar-refractivity contribution in [2.24, 2.45) is 5.92 Å². The molecule has 0 aromatic carbocycles. The fourth-order valence-corrected chi connectivity index (χ4v) is 3.93. The molecule has 140 valence electrons. The Morgan fingerprint density at radius 1 is 1.22 bits per heavy atom. The molecule has 0 radical (unpaired) electrons. The first kappa shape index (κ1) is 17.8. The van der Waals surface area contributed by atoms with Gasteiger partial charge in [-0.2, -0.15) is 0 Å². The van der Waals surface area contributed by atoms with Gasteiger partial charge in [0.15, 0.2) is 0 Å². The molecule has 1 aliphatic heterocycles. The van der Waals surface area contributed by atoms with Gasteiger partial charge in [0.1, 0.15) is 12.1 Å². The smallest absolute Gasteiger partial charge is 0.143 e. The van der Waals surface area contributed by atoms with Crippen molar-refractivity contribution in [3.05, 3.63) is 59.1 Å². The number of likely N-dealkylation sites (tertiary alicyclic amines) is 1. The molecule has 0 saturated carbocycles. The summed E-state index contributed by atoms with van der Waals surface area (Å²) in [6, 6.07) is 4.21. The molecule has 1 atom stereocenters. The van der Waals surface area contributed by atoms with Crippen molar-refractivity contribution in [1.82, 2.24) is 25.0 Å². The van der Waals surface area contributed by atoms with Gasteiger partial charge in [0.25, 0.3) is 0 Å². The molecular weight excluding hydrogens is 338 g/mol. The molecule has 4 heterocycles. The van der Waals surface area contributed by atoms with Crippen LogP contribution in [0, 0.1) is 26.7 Å². The summed E-state index contributed by atoms with van der Waals surface area (Å²) in [4.78, 5) is 15.7. The molecule has 0 bridgehead atoms. The molecule has 0 spiro atoms. The van der Waals surface area contributed by atoms with Crippen LogP contribution in [0.15, 0.2) is 35.4 Å². The van der Waals surface area contributed by atoms with Gasteiger partial charge in [-0.3, -0.25) is 9.88 Å². The lowest BCUT2D eigenvalue weighted by Gasteiger charge is -2.17. The van der Waals surface area contributed by atoms with Crippen LogP contribution in [-0.2, 0) is 13.0 Å². The maximum atomic E-state index is 5.28. The van der Waals surface area contributed by atoms with Crippen LogP contribution in [0.3, 0.4) is 0 Å². The molecular formula is C21H25N5O. The van der Waals surface area contributed by atoms with E-state index >= 15 is 0 Å². The van der Waals surface area contributed by atoms with E-state index in [1.165, 1.54) is 17.5 Å². The Hall–Kier alpha value is -2.60. The van der Waals surface area contributed by atoms with Crippen molar-refractivity contribution >= 4 is 0 Å². The second-order valence-electron chi connectivity index (χ2n) is 7.49. The zero-order valence-corrected chi connectivity index (χ0v) is 16.1. The van der Waals surface area contributed by atoms with Crippen molar-refractivity contribution in [3.8, 4) is 11.3 Å². The van der Waals surface area contributed by atoms with Gasteiger partial charge >= 0.3 is 0 Å². The number of hydrogen-bond acceptors (Lipinski definition) is 6. The summed E-state index contributed by atoms with van der Waals surface area (Å²) in [6.07, 6.45) is 7.66. The standard InChI is InChI=1S/C21H25N5O/c1-14-10-22-6-4-18(14)12-26-7-5-17(11-26)8-19-9-20(24-13-23-19)21-15(2)25-27-16(21)3/h4,6,9-10,13,17H,5,7-8,11-12H2,1-3H3. The Morgan fingerprint density at radius 2 is 2.11 bits per heavy atom. The highest BCUT2D eigenvalue weighted by molar-refractivity contribution is 5.63. The summed E-state index contributed by atoms with van der Waals surface area (Å²) < 4.78 is 5.28. The average molecular weight is 363 g/mol. The SMILES string of the molecule is Cc1cnccc1CN1CCC(Cc2cc(-c3c(C)noc3C)ncn2)C1. The van der Waals surface area contributed by atoms with Crippen molar-refractivity contribution in [3.63, 3.8) is 0 Å². The molecule has 27 heavy (non-hydrogen) atoms. The fraction of sp³-hybridized carbons (Fsp3) is 0.429. The van der Waals surface area contributed by atoms with Crippen molar-refractivity contribution < 1.29 is 4.52 Å². The van der Waals surface area contributed by atoms with Crippen LogP contribution in [0.5, 0.6) is 0 Å². The molecule has 0 N–H and O–H groups in total. The van der Waals surface area contributed by atoms with Crippen LogP contribution in [0.4, 0.5) is 0 Å². The Bertz CT molecular complexity index is 916. The third-order valence-electron chi connectivity index (χ3n) is 5.41. The van der Waals surface area contributed by atoms with Crippen LogP contribution < -0.4 is 0 Å². The highest BCUT2D eigenvalue weighted by Crippen LogP contribution is 2.27. The van der Waals surface area contributed by atoms with Gasteiger partial charge in [0.2, 0.25) is 0 Å². The monoisotopic (exact) mass is 363 g/mol. The van der Waals surface area contributed by atoms with Gasteiger partial charge in [-0.05, 0) is 69.3 Å². The summed E-state index contributed by atoms with van der Waals surface area (Å²) in [6.45, 7) is 9.24. The lowest BCUT2D eigenvalue weighted by molar-refractivity contribution is 0.315. The molecule has 4 rings (SSSR count). The minimum absolute atomic E-state index is 0.625. The normalized spacial score (nSPS) is 17.5. The minimum atomic E-state index is 0.625. The molecule has 6 nitrogen and oxygen atoms in total. The maximum absolute atomic E-state index is 5.28. The van der Waals surface area contributed by atoms with Crippen LogP contribution in [0.2, 0.25) is 0 Å². The first-order valence-electron chi connectivity index (χ1n) is 9.46. The Morgan fingerprint density at radius 3 is 2.89 bits per heavy atom. The lowest BCUT2D eigenvalue weighted by Crippen LogP contribution is -2.21. The van der Waals surface area contributed by atoms with Crippen LogP contribution in [-0.4, -0.2) is 38.1 Å². The summed E-state index contributed by atoms with van der Waals surface area (Å²) in [7, 11) is 0. The quantitative estimate of drug-likeness (QED) is 0.691. The van der Waals surface area contributed by atoms with E-state index in [-0.39, 0.29) is 0 Å². The summed E-state index contributed by atoms with van der Waals surface area (Å²) in [5.41, 5.74) is 6.48. The van der Waals surface area contributed by atoms with Gasteiger partial charge in [-0.1, -0.05) is 5.16 Å². The highest BCUT2D eigenvalue weighted by atomic mass is 16.5. The molecule has 3 aromatic rings. The second-order valence-corrected chi connectivity index (χ2v) is 7.49. The van der Waals surface area contributed by atoms with Crippen LogP contribution >= 0.6 is 0 Å². The van der Waals surface area contributed by atoms with Gasteiger partial charge in [0, 0.05) is 31.2 Å². The van der Waals surface area contributed by atoms with Crippen molar-refractivity contribution in [2.45, 2.75) is 40.2 Å². The zero-order chi connectivity index (χ0) is 18.8. The number of pyridine rings is 1. The molecule has 1 fully saturated rings. The van der Waals surface area contributed by atoms with E-state index in [2.05, 4.69) is 44.1 Å². The van der Waals surface area contributed by atoms with Gasteiger partial charge < -0.3 is 4.52 Å². The predicted octanol–water partition coefficient (Wildman–Crippen LogP) is 3.52. The molecule has 0 aliphatic carbocycles. The summed E-state index contributed by atoms with van der Waals surface area (Å²) >= 11 is 0. The van der Waals surface area contributed by atoms with Crippen molar-refractivity contribution in [2.75, 3.05) is 13.1 Å². The molecule has 6 heteroatoms. The van der Waals surface area contributed by atoms with E-state index in [4.69, 9.17) is 4.52 Å². The van der Waals surface area contributed by atoms with E-state index in [0.717, 1.165) is 54.5 Å². The number of rotatable bonds is 5. The van der Waals surface area contributed by atoms with E-state index in [9.17, 15) is 0 Å². The first-order valence-corrected chi connectivity index (χ1v) is 9.46. The molecule has 1 unspecified atom stereocenters. The number of aryl methyl sites for hydroxylation is 3.